The van der Waals surface area contributed by atoms with Crippen molar-refractivity contribution < 1.29 is 4.39 Å². The summed E-state index contributed by atoms with van der Waals surface area (Å²) in [5.41, 5.74) is 1.01. The lowest BCUT2D eigenvalue weighted by atomic mass is 9.93. The lowest BCUT2D eigenvalue weighted by Gasteiger charge is -2.28. The van der Waals surface area contributed by atoms with Crippen molar-refractivity contribution in [3.05, 3.63) is 34.6 Å². The molecule has 1 N–H and O–H groups in total. The largest absolute Gasteiger partial charge is 0.319 e. The molecule has 1 aliphatic rings. The summed E-state index contributed by atoms with van der Waals surface area (Å²) < 4.78 is 13.6. The molecule has 1 aromatic carbocycles. The van der Waals surface area contributed by atoms with Crippen LogP contribution in [0.25, 0.3) is 0 Å². The molecular weight excluding hydrogens is 263 g/mol. The second kappa shape index (κ2) is 6.69. The molecule has 0 saturated carbocycles. The molecule has 4 heteroatoms. The van der Waals surface area contributed by atoms with Gasteiger partial charge in [-0.25, -0.2) is 4.39 Å². The zero-order chi connectivity index (χ0) is 13.8. The van der Waals surface area contributed by atoms with Crippen LogP contribution >= 0.6 is 11.6 Å². The van der Waals surface area contributed by atoms with E-state index in [0.29, 0.717) is 10.9 Å². The summed E-state index contributed by atoms with van der Waals surface area (Å²) in [6.45, 7) is 5.28. The molecule has 2 nitrogen and oxygen atoms in total. The summed E-state index contributed by atoms with van der Waals surface area (Å²) >= 11 is 6.00. The van der Waals surface area contributed by atoms with Gasteiger partial charge in [-0.15, -0.1) is 0 Å². The van der Waals surface area contributed by atoms with Gasteiger partial charge >= 0.3 is 0 Å². The van der Waals surface area contributed by atoms with Crippen molar-refractivity contribution in [1.29, 1.82) is 0 Å². The predicted molar refractivity (Wildman–Crippen MR) is 78.0 cm³/mol. The van der Waals surface area contributed by atoms with Gasteiger partial charge in [0.05, 0.1) is 0 Å². The smallest absolute Gasteiger partial charge is 0.125 e. The SMILES string of the molecule is CCCN1CCC(CNC)C1c1cc(F)cc(Cl)c1. The van der Waals surface area contributed by atoms with E-state index in [-0.39, 0.29) is 11.9 Å². The molecule has 0 aromatic heterocycles. The van der Waals surface area contributed by atoms with E-state index in [1.165, 1.54) is 6.07 Å². The fourth-order valence-corrected chi connectivity index (χ4v) is 3.40. The number of benzene rings is 1. The van der Waals surface area contributed by atoms with Crippen molar-refractivity contribution in [3.63, 3.8) is 0 Å². The van der Waals surface area contributed by atoms with Gasteiger partial charge in [0.25, 0.3) is 0 Å². The van der Waals surface area contributed by atoms with Gasteiger partial charge in [0.2, 0.25) is 0 Å². The first-order valence-electron chi connectivity index (χ1n) is 7.00. The van der Waals surface area contributed by atoms with Crippen LogP contribution in [0.15, 0.2) is 18.2 Å². The predicted octanol–water partition coefficient (Wildman–Crippen LogP) is 3.47. The maximum absolute atomic E-state index is 13.6. The van der Waals surface area contributed by atoms with Crippen LogP contribution in [0.3, 0.4) is 0 Å². The Morgan fingerprint density at radius 3 is 2.84 bits per heavy atom. The van der Waals surface area contributed by atoms with E-state index in [9.17, 15) is 4.39 Å². The number of likely N-dealkylation sites (tertiary alicyclic amines) is 1. The highest BCUT2D eigenvalue weighted by Crippen LogP contribution is 2.38. The van der Waals surface area contributed by atoms with E-state index < -0.39 is 0 Å². The van der Waals surface area contributed by atoms with Gasteiger partial charge in [0.1, 0.15) is 5.82 Å². The lowest BCUT2D eigenvalue weighted by molar-refractivity contribution is 0.227. The third-order valence-electron chi connectivity index (χ3n) is 3.83. The second-order valence-corrected chi connectivity index (χ2v) is 5.73. The molecule has 0 aliphatic carbocycles. The minimum atomic E-state index is -0.242. The molecule has 0 spiro atoms. The summed E-state index contributed by atoms with van der Waals surface area (Å²) in [4.78, 5) is 2.45. The Balaban J connectivity index is 2.28. The Bertz CT molecular complexity index is 390. The van der Waals surface area contributed by atoms with E-state index in [1.54, 1.807) is 6.07 Å². The van der Waals surface area contributed by atoms with Crippen LogP contribution in [-0.2, 0) is 0 Å². The number of hydrogen-bond donors (Lipinski definition) is 1. The van der Waals surface area contributed by atoms with Crippen molar-refractivity contribution in [2.75, 3.05) is 26.7 Å². The molecule has 2 rings (SSSR count). The molecule has 1 aliphatic heterocycles. The van der Waals surface area contributed by atoms with E-state index in [1.807, 2.05) is 13.1 Å². The molecule has 1 saturated heterocycles. The number of nitrogens with one attached hydrogen (secondary N) is 1. The van der Waals surface area contributed by atoms with Gasteiger partial charge in [0, 0.05) is 11.1 Å². The van der Waals surface area contributed by atoms with Gasteiger partial charge in [-0.2, -0.15) is 0 Å². The van der Waals surface area contributed by atoms with E-state index in [4.69, 9.17) is 11.6 Å². The zero-order valence-electron chi connectivity index (χ0n) is 11.6. The molecule has 0 bridgehead atoms. The molecule has 0 amide bonds. The average Bonchev–Trinajstić information content (AvgIpc) is 2.72. The Kier molecular flexibility index (Phi) is 5.20. The van der Waals surface area contributed by atoms with Crippen LogP contribution in [0.1, 0.15) is 31.4 Å². The molecule has 19 heavy (non-hydrogen) atoms. The Morgan fingerprint density at radius 1 is 1.42 bits per heavy atom. The van der Waals surface area contributed by atoms with Gasteiger partial charge in [-0.3, -0.25) is 4.90 Å². The minimum absolute atomic E-state index is 0.242. The molecule has 1 heterocycles. The van der Waals surface area contributed by atoms with Gasteiger partial charge < -0.3 is 5.32 Å². The van der Waals surface area contributed by atoms with E-state index in [2.05, 4.69) is 17.1 Å². The van der Waals surface area contributed by atoms with E-state index >= 15 is 0 Å². The number of hydrogen-bond acceptors (Lipinski definition) is 2. The summed E-state index contributed by atoms with van der Waals surface area (Å²) in [5.74, 6) is 0.281. The lowest BCUT2D eigenvalue weighted by Crippen LogP contribution is -2.29. The quantitative estimate of drug-likeness (QED) is 0.891. The second-order valence-electron chi connectivity index (χ2n) is 5.29. The minimum Gasteiger partial charge on any atom is -0.319 e. The normalized spacial score (nSPS) is 24.0. The summed E-state index contributed by atoms with van der Waals surface area (Å²) in [7, 11) is 1.97. The topological polar surface area (TPSA) is 15.3 Å². The Hall–Kier alpha value is -0.640. The fraction of sp³-hybridized carbons (Fsp3) is 0.600. The van der Waals surface area contributed by atoms with Crippen LogP contribution in [0.2, 0.25) is 5.02 Å². The number of nitrogens with zero attached hydrogens (tertiary/aromatic N) is 1. The maximum Gasteiger partial charge on any atom is 0.125 e. The molecule has 2 atom stereocenters. The molecule has 1 fully saturated rings. The molecular formula is C15H22ClFN2. The summed E-state index contributed by atoms with van der Waals surface area (Å²) in [5, 5.41) is 3.74. The van der Waals surface area contributed by atoms with Gasteiger partial charge in [-0.05, 0) is 69.2 Å². The monoisotopic (exact) mass is 284 g/mol. The van der Waals surface area contributed by atoms with Crippen molar-refractivity contribution in [2.24, 2.45) is 5.92 Å². The third kappa shape index (κ3) is 3.47. The van der Waals surface area contributed by atoms with Crippen molar-refractivity contribution in [1.82, 2.24) is 10.2 Å². The van der Waals surface area contributed by atoms with Crippen LogP contribution in [0.4, 0.5) is 4.39 Å². The van der Waals surface area contributed by atoms with Crippen LogP contribution in [-0.4, -0.2) is 31.6 Å². The molecule has 106 valence electrons. The Morgan fingerprint density at radius 2 is 2.21 bits per heavy atom. The average molecular weight is 285 g/mol. The van der Waals surface area contributed by atoms with Gasteiger partial charge in [0.15, 0.2) is 0 Å². The highest BCUT2D eigenvalue weighted by atomic mass is 35.5. The highest BCUT2D eigenvalue weighted by molar-refractivity contribution is 6.30. The molecule has 1 aromatic rings. The van der Waals surface area contributed by atoms with Gasteiger partial charge in [-0.1, -0.05) is 18.5 Å². The van der Waals surface area contributed by atoms with Crippen LogP contribution < -0.4 is 5.32 Å². The zero-order valence-corrected chi connectivity index (χ0v) is 12.4. The van der Waals surface area contributed by atoms with E-state index in [0.717, 1.165) is 38.0 Å². The van der Waals surface area contributed by atoms with Crippen molar-refractivity contribution >= 4 is 11.6 Å². The summed E-state index contributed by atoms with van der Waals surface area (Å²) in [6.07, 6.45) is 2.27. The summed E-state index contributed by atoms with van der Waals surface area (Å²) in [6, 6.07) is 5.19. The van der Waals surface area contributed by atoms with Crippen LogP contribution in [0.5, 0.6) is 0 Å². The standard InChI is InChI=1S/C15H22ClFN2/c1-3-5-19-6-4-11(10-18-2)15(19)12-7-13(16)9-14(17)8-12/h7-9,11,15,18H,3-6,10H2,1-2H3. The van der Waals surface area contributed by atoms with Crippen LogP contribution in [0, 0.1) is 11.7 Å². The maximum atomic E-state index is 13.6. The highest BCUT2D eigenvalue weighted by Gasteiger charge is 2.34. The molecule has 0 radical (unpaired) electrons. The third-order valence-corrected chi connectivity index (χ3v) is 4.05. The van der Waals surface area contributed by atoms with Crippen molar-refractivity contribution in [2.45, 2.75) is 25.8 Å². The first-order valence-corrected chi connectivity index (χ1v) is 7.38. The first kappa shape index (κ1) is 14.8. The number of halogens is 2. The van der Waals surface area contributed by atoms with Crippen molar-refractivity contribution in [3.8, 4) is 0 Å². The fourth-order valence-electron chi connectivity index (χ4n) is 3.17. The Labute approximate surface area is 119 Å². The number of rotatable bonds is 5. The molecule has 2 unspecified atom stereocenters. The first-order chi connectivity index (χ1) is 9.15.